The summed E-state index contributed by atoms with van der Waals surface area (Å²) in [7, 11) is 0. The summed E-state index contributed by atoms with van der Waals surface area (Å²) in [5.41, 5.74) is -0.0610. The van der Waals surface area contributed by atoms with E-state index in [-0.39, 0.29) is 40.2 Å². The standard InChI is InChI=1S/C31H32ClF3N4O4S/c1-30(2,3)43-28(41)37-23-9-4-18(5-10-23)16-38-27(40)26(44-29(38)42)13-19-6-11-25-21(12-19)15-36-39(25)17-20-7-8-22(32)14-24(20)31(33,34)35/h6-8,11-15,18,23H,4-5,9-10,16-17H2,1-3H3,(H,37,41)/t18-,23-. The van der Waals surface area contributed by atoms with Gasteiger partial charge in [0.25, 0.3) is 11.1 Å². The highest BCUT2D eigenvalue weighted by Crippen LogP contribution is 2.36. The van der Waals surface area contributed by atoms with Crippen LogP contribution in [0.5, 0.6) is 0 Å². The second kappa shape index (κ2) is 12.5. The van der Waals surface area contributed by atoms with Crippen LogP contribution in [-0.4, -0.2) is 50.1 Å². The van der Waals surface area contributed by atoms with Crippen molar-refractivity contribution < 1.29 is 32.3 Å². The normalized spacial score (nSPS) is 20.5. The molecule has 0 spiro atoms. The van der Waals surface area contributed by atoms with Gasteiger partial charge < -0.3 is 10.1 Å². The fourth-order valence-electron chi connectivity index (χ4n) is 5.46. The van der Waals surface area contributed by atoms with Gasteiger partial charge in [0.05, 0.1) is 28.7 Å². The van der Waals surface area contributed by atoms with Crippen molar-refractivity contribution in [2.24, 2.45) is 5.92 Å². The lowest BCUT2D eigenvalue weighted by molar-refractivity contribution is -0.138. The van der Waals surface area contributed by atoms with E-state index in [9.17, 15) is 27.6 Å². The third-order valence-corrected chi connectivity index (χ3v) is 8.69. The van der Waals surface area contributed by atoms with Crippen molar-refractivity contribution in [2.75, 3.05) is 6.54 Å². The van der Waals surface area contributed by atoms with Gasteiger partial charge in [-0.3, -0.25) is 19.2 Å². The maximum Gasteiger partial charge on any atom is 0.416 e. The second-order valence-corrected chi connectivity index (χ2v) is 13.5. The van der Waals surface area contributed by atoms with Gasteiger partial charge in [0.2, 0.25) is 0 Å². The number of nitrogens with one attached hydrogen (secondary N) is 1. The molecule has 2 aromatic carbocycles. The molecule has 1 aliphatic heterocycles. The van der Waals surface area contributed by atoms with Crippen LogP contribution in [0.15, 0.2) is 47.5 Å². The van der Waals surface area contributed by atoms with Crippen LogP contribution in [0.3, 0.4) is 0 Å². The smallest absolute Gasteiger partial charge is 0.416 e. The quantitative estimate of drug-likeness (QED) is 0.273. The lowest BCUT2D eigenvalue weighted by Crippen LogP contribution is -2.42. The Bertz CT molecular complexity index is 1620. The maximum atomic E-state index is 13.6. The molecule has 1 saturated carbocycles. The lowest BCUT2D eigenvalue weighted by Gasteiger charge is -2.31. The SMILES string of the molecule is CC(C)(C)OC(=O)N[C@H]1CC[C@H](CN2C(=O)SC(=Cc3ccc4c(cnn4Cc4ccc(Cl)cc4C(F)(F)F)c3)C2=O)CC1. The van der Waals surface area contributed by atoms with Crippen LogP contribution in [0.1, 0.15) is 63.1 Å². The van der Waals surface area contributed by atoms with Gasteiger partial charge in [0, 0.05) is 23.0 Å². The molecule has 8 nitrogen and oxygen atoms in total. The predicted molar refractivity (Wildman–Crippen MR) is 163 cm³/mol. The monoisotopic (exact) mass is 648 g/mol. The average Bonchev–Trinajstić information content (AvgIpc) is 3.44. The van der Waals surface area contributed by atoms with Gasteiger partial charge in [-0.15, -0.1) is 0 Å². The van der Waals surface area contributed by atoms with Crippen molar-refractivity contribution in [2.45, 2.75) is 70.8 Å². The number of carbonyl (C=O) groups is 3. The highest BCUT2D eigenvalue weighted by atomic mass is 35.5. The van der Waals surface area contributed by atoms with E-state index in [1.165, 1.54) is 21.7 Å². The fourth-order valence-corrected chi connectivity index (χ4v) is 6.48. The maximum absolute atomic E-state index is 13.6. The molecule has 1 aromatic heterocycles. The first-order valence-electron chi connectivity index (χ1n) is 14.2. The summed E-state index contributed by atoms with van der Waals surface area (Å²) >= 11 is 6.69. The molecule has 234 valence electrons. The number of benzene rings is 2. The van der Waals surface area contributed by atoms with E-state index in [2.05, 4.69) is 10.4 Å². The van der Waals surface area contributed by atoms with Gasteiger partial charge in [-0.2, -0.15) is 18.3 Å². The van der Waals surface area contributed by atoms with Gasteiger partial charge in [-0.25, -0.2) is 4.79 Å². The fraction of sp³-hybridized carbons (Fsp3) is 0.419. The van der Waals surface area contributed by atoms with Crippen LogP contribution in [0.2, 0.25) is 5.02 Å². The Labute approximate surface area is 261 Å². The second-order valence-electron chi connectivity index (χ2n) is 12.1. The van der Waals surface area contributed by atoms with Crippen LogP contribution in [0.4, 0.5) is 22.8 Å². The van der Waals surface area contributed by atoms with E-state index in [1.54, 1.807) is 30.5 Å². The number of alkyl carbamates (subject to hydrolysis) is 1. The molecule has 1 saturated heterocycles. The molecule has 3 amide bonds. The molecule has 0 unspecified atom stereocenters. The minimum absolute atomic E-state index is 0.000396. The number of hydrogen-bond acceptors (Lipinski definition) is 6. The van der Waals surface area contributed by atoms with Gasteiger partial charge >= 0.3 is 12.3 Å². The van der Waals surface area contributed by atoms with Crippen molar-refractivity contribution in [1.29, 1.82) is 0 Å². The molecule has 0 bridgehead atoms. The van der Waals surface area contributed by atoms with Crippen LogP contribution in [0.25, 0.3) is 17.0 Å². The summed E-state index contributed by atoms with van der Waals surface area (Å²) in [4.78, 5) is 39.6. The molecule has 5 rings (SSSR count). The Kier molecular flexibility index (Phi) is 9.04. The molecule has 1 aliphatic carbocycles. The van der Waals surface area contributed by atoms with E-state index < -0.39 is 23.4 Å². The zero-order valence-electron chi connectivity index (χ0n) is 24.4. The molecule has 44 heavy (non-hydrogen) atoms. The van der Waals surface area contributed by atoms with Gasteiger partial charge in [0.1, 0.15) is 5.60 Å². The lowest BCUT2D eigenvalue weighted by atomic mass is 9.86. The van der Waals surface area contributed by atoms with Crippen LogP contribution < -0.4 is 5.32 Å². The van der Waals surface area contributed by atoms with E-state index in [1.807, 2.05) is 20.8 Å². The Morgan fingerprint density at radius 2 is 1.84 bits per heavy atom. The zero-order valence-corrected chi connectivity index (χ0v) is 26.0. The van der Waals surface area contributed by atoms with Crippen LogP contribution in [0, 0.1) is 5.92 Å². The van der Waals surface area contributed by atoms with Crippen molar-refractivity contribution >= 4 is 57.6 Å². The van der Waals surface area contributed by atoms with Crippen LogP contribution in [-0.2, 0) is 22.3 Å². The van der Waals surface area contributed by atoms with Gasteiger partial charge in [-0.05, 0) is 106 Å². The number of aromatic nitrogens is 2. The number of thioether (sulfide) groups is 1. The topological polar surface area (TPSA) is 93.5 Å². The Balaban J connectivity index is 1.22. The Hall–Kier alpha value is -3.51. The first-order valence-corrected chi connectivity index (χ1v) is 15.4. The summed E-state index contributed by atoms with van der Waals surface area (Å²) in [6.07, 6.45) is 1.19. The molecule has 0 atom stereocenters. The first kappa shape index (κ1) is 31.9. The molecule has 2 fully saturated rings. The minimum Gasteiger partial charge on any atom is -0.444 e. The molecule has 0 radical (unpaired) electrons. The number of halogens is 4. The number of alkyl halides is 3. The number of rotatable bonds is 6. The summed E-state index contributed by atoms with van der Waals surface area (Å²) in [6.45, 7) is 5.64. The number of ether oxygens (including phenoxy) is 1. The summed E-state index contributed by atoms with van der Waals surface area (Å²) in [5, 5.41) is 7.53. The molecule has 13 heteroatoms. The summed E-state index contributed by atoms with van der Waals surface area (Å²) < 4.78 is 47.5. The van der Waals surface area contributed by atoms with Crippen molar-refractivity contribution in [3.63, 3.8) is 0 Å². The summed E-state index contributed by atoms with van der Waals surface area (Å²) in [6, 6.07) is 8.90. The first-order chi connectivity index (χ1) is 20.7. The molecule has 1 N–H and O–H groups in total. The van der Waals surface area contributed by atoms with Crippen molar-refractivity contribution in [3.8, 4) is 0 Å². The Morgan fingerprint density at radius 1 is 1.11 bits per heavy atom. The molecular formula is C31H32ClF3N4O4S. The highest BCUT2D eigenvalue weighted by Gasteiger charge is 2.37. The van der Waals surface area contributed by atoms with Gasteiger partial charge in [-0.1, -0.05) is 23.7 Å². The predicted octanol–water partition coefficient (Wildman–Crippen LogP) is 7.88. The third-order valence-electron chi connectivity index (χ3n) is 7.54. The number of imide groups is 1. The molecule has 3 aromatic rings. The zero-order chi connectivity index (χ0) is 31.8. The number of amides is 3. The molecule has 2 aliphatic rings. The molecular weight excluding hydrogens is 617 g/mol. The van der Waals surface area contributed by atoms with Crippen molar-refractivity contribution in [1.82, 2.24) is 20.0 Å². The van der Waals surface area contributed by atoms with E-state index in [0.29, 0.717) is 27.9 Å². The molecule has 2 heterocycles. The highest BCUT2D eigenvalue weighted by molar-refractivity contribution is 8.18. The summed E-state index contributed by atoms with van der Waals surface area (Å²) in [5.74, 6) is -0.215. The third kappa shape index (κ3) is 7.58. The van der Waals surface area contributed by atoms with Gasteiger partial charge in [0.15, 0.2) is 0 Å². The number of hydrogen-bond donors (Lipinski definition) is 1. The number of carbonyl (C=O) groups excluding carboxylic acids is 3. The van der Waals surface area contributed by atoms with Crippen LogP contribution >= 0.6 is 23.4 Å². The number of nitrogens with zero attached hydrogens (tertiary/aromatic N) is 3. The Morgan fingerprint density at radius 3 is 2.52 bits per heavy atom. The van der Waals surface area contributed by atoms with E-state index in [4.69, 9.17) is 16.3 Å². The average molecular weight is 649 g/mol. The minimum atomic E-state index is -4.56. The van der Waals surface area contributed by atoms with Crippen molar-refractivity contribution in [3.05, 3.63) is 69.2 Å². The van der Waals surface area contributed by atoms with E-state index in [0.717, 1.165) is 43.5 Å². The number of fused-ring (bicyclic) bond motifs is 1. The largest absolute Gasteiger partial charge is 0.444 e. The van der Waals surface area contributed by atoms with E-state index >= 15 is 0 Å².